The van der Waals surface area contributed by atoms with Gasteiger partial charge in [0.2, 0.25) is 5.91 Å². The first-order valence-electron chi connectivity index (χ1n) is 9.77. The van der Waals surface area contributed by atoms with E-state index in [1.807, 2.05) is 48.5 Å². The monoisotopic (exact) mass is 433 g/mol. The Morgan fingerprint density at radius 1 is 0.935 bits per heavy atom. The summed E-state index contributed by atoms with van der Waals surface area (Å²) in [5.41, 5.74) is 0.763. The first-order chi connectivity index (χ1) is 15.0. The summed E-state index contributed by atoms with van der Waals surface area (Å²) in [5, 5.41) is 5.99. The molecule has 1 fully saturated rings. The van der Waals surface area contributed by atoms with Crippen molar-refractivity contribution in [2.45, 2.75) is 12.0 Å². The van der Waals surface area contributed by atoms with Crippen molar-refractivity contribution in [1.29, 1.82) is 0 Å². The number of amides is 4. The van der Waals surface area contributed by atoms with E-state index in [1.54, 1.807) is 36.4 Å². The molecule has 156 valence electrons. The number of hydrogen-bond donors (Lipinski definition) is 2. The zero-order valence-electron chi connectivity index (χ0n) is 16.5. The second-order valence-electron chi connectivity index (χ2n) is 7.31. The van der Waals surface area contributed by atoms with Crippen LogP contribution in [-0.2, 0) is 21.5 Å². The van der Waals surface area contributed by atoms with Crippen molar-refractivity contribution in [3.05, 3.63) is 101 Å². The van der Waals surface area contributed by atoms with Crippen LogP contribution in [0.25, 0.3) is 0 Å². The van der Waals surface area contributed by atoms with Crippen LogP contribution in [0.5, 0.6) is 0 Å². The molecule has 0 radical (unpaired) electrons. The average molecular weight is 434 g/mol. The van der Waals surface area contributed by atoms with E-state index in [0.29, 0.717) is 16.3 Å². The van der Waals surface area contributed by atoms with Crippen LogP contribution in [-0.4, -0.2) is 29.3 Å². The molecule has 7 heteroatoms. The molecule has 1 heterocycles. The van der Waals surface area contributed by atoms with Crippen LogP contribution in [0.4, 0.5) is 10.5 Å². The van der Waals surface area contributed by atoms with Gasteiger partial charge < -0.3 is 10.6 Å². The average Bonchev–Trinajstić information content (AvgIpc) is 3.00. The molecule has 1 aliphatic heterocycles. The molecule has 0 spiro atoms. The number of anilines is 1. The summed E-state index contributed by atoms with van der Waals surface area (Å²) in [5.74, 6) is -0.955. The summed E-state index contributed by atoms with van der Waals surface area (Å²) in [4.78, 5) is 39.8. The molecule has 3 aromatic carbocycles. The van der Waals surface area contributed by atoms with Crippen LogP contribution in [0.1, 0.15) is 11.1 Å². The van der Waals surface area contributed by atoms with E-state index in [1.165, 1.54) is 0 Å². The van der Waals surface area contributed by atoms with Crippen molar-refractivity contribution >= 4 is 35.1 Å². The Labute approximate surface area is 184 Å². The Morgan fingerprint density at radius 3 is 2.29 bits per heavy atom. The molecule has 4 rings (SSSR count). The Hall–Kier alpha value is -3.64. The molecule has 6 nitrogen and oxygen atoms in total. The molecule has 1 unspecified atom stereocenters. The Morgan fingerprint density at radius 2 is 1.61 bits per heavy atom. The third kappa shape index (κ3) is 4.29. The summed E-state index contributed by atoms with van der Waals surface area (Å²) in [6.07, 6.45) is 0.273. The lowest BCUT2D eigenvalue weighted by Crippen LogP contribution is -2.46. The van der Waals surface area contributed by atoms with Crippen LogP contribution in [0, 0.1) is 0 Å². The zero-order chi connectivity index (χ0) is 21.8. The number of benzene rings is 3. The Bertz CT molecular complexity index is 1120. The van der Waals surface area contributed by atoms with E-state index in [9.17, 15) is 14.4 Å². The highest BCUT2D eigenvalue weighted by Crippen LogP contribution is 2.33. The number of carbonyl (C=O) groups excluding carboxylic acids is 3. The summed E-state index contributed by atoms with van der Waals surface area (Å²) in [7, 11) is 0. The van der Waals surface area contributed by atoms with Crippen molar-refractivity contribution in [3.63, 3.8) is 0 Å². The highest BCUT2D eigenvalue weighted by atomic mass is 35.5. The number of nitrogens with zero attached hydrogens (tertiary/aromatic N) is 1. The molecule has 0 saturated carbocycles. The van der Waals surface area contributed by atoms with Crippen molar-refractivity contribution in [3.8, 4) is 0 Å². The molecule has 3 aromatic rings. The fourth-order valence-electron chi connectivity index (χ4n) is 3.72. The molecule has 1 saturated heterocycles. The van der Waals surface area contributed by atoms with E-state index < -0.39 is 29.9 Å². The molecular formula is C24H20ClN3O3. The number of nitrogens with one attached hydrogen (secondary N) is 2. The van der Waals surface area contributed by atoms with E-state index >= 15 is 0 Å². The van der Waals surface area contributed by atoms with Gasteiger partial charge in [0.05, 0.1) is 0 Å². The number of urea groups is 1. The van der Waals surface area contributed by atoms with Gasteiger partial charge >= 0.3 is 6.03 Å². The molecule has 0 aromatic heterocycles. The van der Waals surface area contributed by atoms with Crippen molar-refractivity contribution in [1.82, 2.24) is 10.2 Å². The zero-order valence-corrected chi connectivity index (χ0v) is 17.3. The van der Waals surface area contributed by atoms with Crippen LogP contribution in [0.15, 0.2) is 84.9 Å². The minimum atomic E-state index is -1.28. The topological polar surface area (TPSA) is 78.5 Å². The maximum atomic E-state index is 13.5. The van der Waals surface area contributed by atoms with Gasteiger partial charge in [-0.3, -0.25) is 14.5 Å². The molecule has 0 bridgehead atoms. The van der Waals surface area contributed by atoms with Crippen molar-refractivity contribution in [2.75, 3.05) is 11.9 Å². The lowest BCUT2D eigenvalue weighted by molar-refractivity contribution is -0.134. The summed E-state index contributed by atoms with van der Waals surface area (Å²) in [6, 6.07) is 24.6. The maximum Gasteiger partial charge on any atom is 0.325 e. The SMILES string of the molecule is O=C(CN1C(=O)NC(Cc2ccccc2)(c2ccccc2)C1=O)Nc1cccc(Cl)c1. The highest BCUT2D eigenvalue weighted by molar-refractivity contribution is 6.30. The smallest absolute Gasteiger partial charge is 0.324 e. The van der Waals surface area contributed by atoms with Crippen LogP contribution < -0.4 is 10.6 Å². The van der Waals surface area contributed by atoms with Gasteiger partial charge in [-0.2, -0.15) is 0 Å². The second-order valence-corrected chi connectivity index (χ2v) is 7.75. The number of hydrogen-bond acceptors (Lipinski definition) is 3. The van der Waals surface area contributed by atoms with E-state index in [-0.39, 0.29) is 6.42 Å². The lowest BCUT2D eigenvalue weighted by Gasteiger charge is -2.27. The minimum absolute atomic E-state index is 0.273. The Kier molecular flexibility index (Phi) is 5.73. The van der Waals surface area contributed by atoms with Crippen LogP contribution in [0.3, 0.4) is 0 Å². The van der Waals surface area contributed by atoms with Crippen LogP contribution >= 0.6 is 11.6 Å². The fourth-order valence-corrected chi connectivity index (χ4v) is 3.91. The lowest BCUT2D eigenvalue weighted by atomic mass is 9.83. The summed E-state index contributed by atoms with van der Waals surface area (Å²) >= 11 is 5.95. The van der Waals surface area contributed by atoms with Gasteiger partial charge in [0, 0.05) is 17.1 Å². The van der Waals surface area contributed by atoms with Gasteiger partial charge in [0.1, 0.15) is 6.54 Å². The van der Waals surface area contributed by atoms with Gasteiger partial charge in [0.15, 0.2) is 5.54 Å². The fraction of sp³-hybridized carbons (Fsp3) is 0.125. The highest BCUT2D eigenvalue weighted by Gasteiger charge is 2.52. The van der Waals surface area contributed by atoms with Gasteiger partial charge in [-0.25, -0.2) is 4.79 Å². The maximum absolute atomic E-state index is 13.5. The molecule has 31 heavy (non-hydrogen) atoms. The standard InChI is InChI=1S/C24H20ClN3O3/c25-19-12-7-13-20(14-19)26-21(29)16-28-22(30)24(27-23(28)31,18-10-5-2-6-11-18)15-17-8-3-1-4-9-17/h1-14H,15-16H2,(H,26,29)(H,27,31). The summed E-state index contributed by atoms with van der Waals surface area (Å²) in [6.45, 7) is -0.402. The normalized spacial score (nSPS) is 18.0. The molecule has 0 aliphatic carbocycles. The predicted molar refractivity (Wildman–Crippen MR) is 119 cm³/mol. The van der Waals surface area contributed by atoms with E-state index in [4.69, 9.17) is 11.6 Å². The third-order valence-corrected chi connectivity index (χ3v) is 5.40. The van der Waals surface area contributed by atoms with Crippen molar-refractivity contribution < 1.29 is 14.4 Å². The van der Waals surface area contributed by atoms with Gasteiger partial charge in [0.25, 0.3) is 5.91 Å². The number of rotatable bonds is 6. The second kappa shape index (κ2) is 8.62. The first kappa shape index (κ1) is 20.6. The number of carbonyl (C=O) groups is 3. The Balaban J connectivity index is 1.60. The van der Waals surface area contributed by atoms with Gasteiger partial charge in [-0.1, -0.05) is 78.3 Å². The molecule has 1 aliphatic rings. The minimum Gasteiger partial charge on any atom is -0.324 e. The van der Waals surface area contributed by atoms with Gasteiger partial charge in [-0.15, -0.1) is 0 Å². The largest absolute Gasteiger partial charge is 0.325 e. The molecule has 1 atom stereocenters. The predicted octanol–water partition coefficient (Wildman–Crippen LogP) is 3.97. The first-order valence-corrected chi connectivity index (χ1v) is 10.1. The quantitative estimate of drug-likeness (QED) is 0.577. The van der Waals surface area contributed by atoms with E-state index in [2.05, 4.69) is 10.6 Å². The third-order valence-electron chi connectivity index (χ3n) is 5.16. The number of imide groups is 1. The molecule has 4 amide bonds. The number of halogens is 1. The summed E-state index contributed by atoms with van der Waals surface area (Å²) < 4.78 is 0. The van der Waals surface area contributed by atoms with Gasteiger partial charge in [-0.05, 0) is 29.3 Å². The molecular weight excluding hydrogens is 414 g/mol. The molecule has 2 N–H and O–H groups in total. The van der Waals surface area contributed by atoms with E-state index in [0.717, 1.165) is 10.5 Å². The van der Waals surface area contributed by atoms with Crippen LogP contribution in [0.2, 0.25) is 5.02 Å². The van der Waals surface area contributed by atoms with Crippen molar-refractivity contribution in [2.24, 2.45) is 0 Å².